The van der Waals surface area contributed by atoms with Gasteiger partial charge >= 0.3 is 0 Å². The van der Waals surface area contributed by atoms with Crippen LogP contribution in [0.25, 0.3) is 0 Å². The molecule has 0 aliphatic heterocycles. The van der Waals surface area contributed by atoms with E-state index in [1.165, 1.54) is 0 Å². The van der Waals surface area contributed by atoms with Crippen LogP contribution >= 0.6 is 25.3 Å². The molecule has 2 unspecified atom stereocenters. The number of hydrogen-bond acceptors (Lipinski definition) is 4. The maximum absolute atomic E-state index is 5.38. The summed E-state index contributed by atoms with van der Waals surface area (Å²) in [5.41, 5.74) is 0. The van der Waals surface area contributed by atoms with E-state index in [1.54, 1.807) is 0 Å². The lowest BCUT2D eigenvalue weighted by Gasteiger charge is -2.07. The largest absolute Gasteiger partial charge is 0.380 e. The second-order valence-corrected chi connectivity index (χ2v) is 5.32. The van der Waals surface area contributed by atoms with E-state index < -0.39 is 0 Å². The third-order valence-corrected chi connectivity index (χ3v) is 1.84. The van der Waals surface area contributed by atoms with Crippen LogP contribution in [0.1, 0.15) is 26.7 Å². The Morgan fingerprint density at radius 3 is 1.50 bits per heavy atom. The summed E-state index contributed by atoms with van der Waals surface area (Å²) in [5.74, 6) is 0. The van der Waals surface area contributed by atoms with Crippen molar-refractivity contribution in [3.8, 4) is 0 Å². The second-order valence-electron chi connectivity index (χ2n) is 3.55. The Bertz CT molecular complexity index is 105. The monoisotopic (exact) mass is 238 g/mol. The van der Waals surface area contributed by atoms with Gasteiger partial charge < -0.3 is 9.47 Å². The molecule has 0 aliphatic rings. The molecule has 2 nitrogen and oxygen atoms in total. The van der Waals surface area contributed by atoms with Crippen molar-refractivity contribution >= 4 is 25.3 Å². The van der Waals surface area contributed by atoms with Crippen LogP contribution in [0.3, 0.4) is 0 Å². The van der Waals surface area contributed by atoms with Gasteiger partial charge in [-0.05, 0) is 12.8 Å². The fourth-order valence-corrected chi connectivity index (χ4v) is 1.13. The summed E-state index contributed by atoms with van der Waals surface area (Å²) in [5, 5.41) is 0.660. The molecule has 0 aromatic heterocycles. The van der Waals surface area contributed by atoms with Crippen LogP contribution in [0.2, 0.25) is 0 Å². The molecule has 0 N–H and O–H groups in total. The minimum Gasteiger partial charge on any atom is -0.380 e. The van der Waals surface area contributed by atoms with E-state index in [2.05, 4.69) is 25.3 Å². The van der Waals surface area contributed by atoms with Crippen molar-refractivity contribution in [2.75, 3.05) is 26.4 Å². The van der Waals surface area contributed by atoms with Crippen LogP contribution in [0.15, 0.2) is 0 Å². The maximum Gasteiger partial charge on any atom is 0.0579 e. The van der Waals surface area contributed by atoms with Gasteiger partial charge in [0.2, 0.25) is 0 Å². The summed E-state index contributed by atoms with van der Waals surface area (Å²) in [6, 6.07) is 0. The molecule has 0 spiro atoms. The van der Waals surface area contributed by atoms with Gasteiger partial charge in [0, 0.05) is 23.7 Å². The Balaban J connectivity index is 2.92. The van der Waals surface area contributed by atoms with E-state index in [4.69, 9.17) is 9.47 Å². The molecule has 0 saturated carbocycles. The van der Waals surface area contributed by atoms with E-state index >= 15 is 0 Å². The minimum atomic E-state index is 0.330. The smallest absolute Gasteiger partial charge is 0.0579 e. The van der Waals surface area contributed by atoms with Crippen LogP contribution in [0.5, 0.6) is 0 Å². The fourth-order valence-electron chi connectivity index (χ4n) is 0.916. The highest BCUT2D eigenvalue weighted by atomic mass is 32.1. The molecule has 0 heterocycles. The van der Waals surface area contributed by atoms with E-state index in [9.17, 15) is 0 Å². The summed E-state index contributed by atoms with van der Waals surface area (Å²) in [7, 11) is 0. The molecule has 0 fully saturated rings. The van der Waals surface area contributed by atoms with E-state index in [0.29, 0.717) is 10.5 Å². The van der Waals surface area contributed by atoms with Gasteiger partial charge in [0.15, 0.2) is 0 Å². The van der Waals surface area contributed by atoms with E-state index in [0.717, 1.165) is 39.3 Å². The highest BCUT2D eigenvalue weighted by Gasteiger charge is 1.96. The number of thiol groups is 2. The number of unbranched alkanes of at least 4 members (excludes halogenated alkanes) is 1. The topological polar surface area (TPSA) is 18.5 Å². The Hall–Kier alpha value is 0.620. The molecule has 0 bridgehead atoms. The van der Waals surface area contributed by atoms with Crippen molar-refractivity contribution in [2.45, 2.75) is 37.2 Å². The molecule has 0 aliphatic carbocycles. The van der Waals surface area contributed by atoms with Crippen molar-refractivity contribution < 1.29 is 9.47 Å². The zero-order chi connectivity index (χ0) is 10.8. The highest BCUT2D eigenvalue weighted by molar-refractivity contribution is 7.81. The molecule has 0 rings (SSSR count). The van der Waals surface area contributed by atoms with E-state index in [-0.39, 0.29) is 0 Å². The van der Waals surface area contributed by atoms with E-state index in [1.807, 2.05) is 13.8 Å². The fraction of sp³-hybridized carbons (Fsp3) is 1.00. The normalized spacial score (nSPS) is 15.4. The summed E-state index contributed by atoms with van der Waals surface area (Å²) >= 11 is 8.44. The van der Waals surface area contributed by atoms with Crippen LogP contribution < -0.4 is 0 Å². The molecule has 0 aromatic rings. The molecule has 0 saturated heterocycles. The van der Waals surface area contributed by atoms with Crippen LogP contribution in [-0.2, 0) is 9.47 Å². The lowest BCUT2D eigenvalue weighted by Crippen LogP contribution is -2.08. The Labute approximate surface area is 98.6 Å². The average molecular weight is 238 g/mol. The average Bonchev–Trinajstić information content (AvgIpc) is 2.08. The van der Waals surface area contributed by atoms with Gasteiger partial charge in [0.25, 0.3) is 0 Å². The number of rotatable bonds is 9. The predicted molar refractivity (Wildman–Crippen MR) is 67.8 cm³/mol. The lowest BCUT2D eigenvalue weighted by molar-refractivity contribution is 0.106. The zero-order valence-corrected chi connectivity index (χ0v) is 10.9. The molecule has 0 amide bonds. The summed E-state index contributed by atoms with van der Waals surface area (Å²) in [4.78, 5) is 0. The first-order valence-corrected chi connectivity index (χ1v) is 6.18. The maximum atomic E-state index is 5.38. The molecular formula is C10H22O2S2. The molecular weight excluding hydrogens is 216 g/mol. The van der Waals surface area contributed by atoms with Gasteiger partial charge in [0.1, 0.15) is 0 Å². The Kier molecular flexibility index (Phi) is 10.6. The number of hydrogen-bond donors (Lipinski definition) is 2. The van der Waals surface area contributed by atoms with Crippen molar-refractivity contribution in [2.24, 2.45) is 0 Å². The highest BCUT2D eigenvalue weighted by Crippen LogP contribution is 1.98. The Morgan fingerprint density at radius 2 is 1.21 bits per heavy atom. The molecule has 0 aromatic carbocycles. The Morgan fingerprint density at radius 1 is 0.857 bits per heavy atom. The van der Waals surface area contributed by atoms with Crippen LogP contribution in [0, 0.1) is 0 Å². The lowest BCUT2D eigenvalue weighted by atomic mass is 10.3. The second kappa shape index (κ2) is 10.1. The summed E-state index contributed by atoms with van der Waals surface area (Å²) in [6.07, 6.45) is 2.11. The van der Waals surface area contributed by atoms with Crippen LogP contribution in [0.4, 0.5) is 0 Å². The third kappa shape index (κ3) is 12.6. The van der Waals surface area contributed by atoms with Gasteiger partial charge in [-0.25, -0.2) is 0 Å². The van der Waals surface area contributed by atoms with Crippen LogP contribution in [-0.4, -0.2) is 36.9 Å². The zero-order valence-electron chi connectivity index (χ0n) is 9.11. The number of ether oxygens (including phenoxy) is 2. The molecule has 86 valence electrons. The van der Waals surface area contributed by atoms with Crippen molar-refractivity contribution in [3.05, 3.63) is 0 Å². The third-order valence-electron chi connectivity index (χ3n) is 1.55. The van der Waals surface area contributed by atoms with Crippen molar-refractivity contribution in [3.63, 3.8) is 0 Å². The molecule has 4 heteroatoms. The molecule has 0 radical (unpaired) electrons. The summed E-state index contributed by atoms with van der Waals surface area (Å²) in [6.45, 7) is 7.14. The van der Waals surface area contributed by atoms with Gasteiger partial charge in [0.05, 0.1) is 13.2 Å². The first-order chi connectivity index (χ1) is 6.63. The molecule has 2 atom stereocenters. The predicted octanol–water partition coefficient (Wildman–Crippen LogP) is 2.44. The van der Waals surface area contributed by atoms with Gasteiger partial charge in [-0.15, -0.1) is 0 Å². The SMILES string of the molecule is CC(S)COCCCCOCC(C)S. The van der Waals surface area contributed by atoms with Crippen molar-refractivity contribution in [1.82, 2.24) is 0 Å². The summed E-state index contributed by atoms with van der Waals surface area (Å²) < 4.78 is 10.8. The van der Waals surface area contributed by atoms with Gasteiger partial charge in [-0.2, -0.15) is 25.3 Å². The minimum absolute atomic E-state index is 0.330. The quantitative estimate of drug-likeness (QED) is 0.475. The van der Waals surface area contributed by atoms with Gasteiger partial charge in [-0.3, -0.25) is 0 Å². The first kappa shape index (κ1) is 14.6. The molecule has 14 heavy (non-hydrogen) atoms. The van der Waals surface area contributed by atoms with Crippen molar-refractivity contribution in [1.29, 1.82) is 0 Å². The standard InChI is InChI=1S/C10H22O2S2/c1-9(13)7-11-5-3-4-6-12-8-10(2)14/h9-10,13-14H,3-8H2,1-2H3. The van der Waals surface area contributed by atoms with Gasteiger partial charge in [-0.1, -0.05) is 13.8 Å². The first-order valence-electron chi connectivity index (χ1n) is 5.14.